The van der Waals surface area contributed by atoms with Gasteiger partial charge in [-0.05, 0) is 128 Å². The second-order valence-electron chi connectivity index (χ2n) is 18.3. The summed E-state index contributed by atoms with van der Waals surface area (Å²) in [5.74, 6) is -1.71. The van der Waals surface area contributed by atoms with Crippen LogP contribution in [0.4, 0.5) is 0 Å². The van der Waals surface area contributed by atoms with Gasteiger partial charge in [0.25, 0.3) is 0 Å². The largest absolute Gasteiger partial charge is 0.472 e. The van der Waals surface area contributed by atoms with Gasteiger partial charge in [0.15, 0.2) is 6.10 Å². The van der Waals surface area contributed by atoms with Crippen molar-refractivity contribution in [3.8, 4) is 0 Å². The minimum atomic E-state index is -4.80. The van der Waals surface area contributed by atoms with E-state index in [4.69, 9.17) is 23.3 Å². The molecule has 0 saturated heterocycles. The number of hydrogen-bond donors (Lipinski definition) is 2. The number of aliphatic hydroxyl groups is 1. The molecule has 0 rings (SSSR count). The van der Waals surface area contributed by atoms with Gasteiger partial charge in [0.2, 0.25) is 0 Å². The van der Waals surface area contributed by atoms with Gasteiger partial charge in [0, 0.05) is 12.8 Å². The molecule has 0 aromatic rings. The molecule has 0 spiro atoms. The van der Waals surface area contributed by atoms with Gasteiger partial charge in [-0.3, -0.25) is 23.4 Å². The zero-order valence-electron chi connectivity index (χ0n) is 48.0. The van der Waals surface area contributed by atoms with Crippen molar-refractivity contribution < 1.29 is 52.2 Å². The second-order valence-corrected chi connectivity index (χ2v) is 19.8. The number of hydrogen-bond acceptors (Lipinski definition) is 10. The number of carbonyl (C=O) groups is 3. The van der Waals surface area contributed by atoms with Crippen molar-refractivity contribution in [2.24, 2.45) is 0 Å². The average Bonchev–Trinajstić information content (AvgIpc) is 3.43. The summed E-state index contributed by atoms with van der Waals surface area (Å²) in [7, 11) is -4.80. The minimum Gasteiger partial charge on any atom is -0.461 e. The van der Waals surface area contributed by atoms with Crippen molar-refractivity contribution in [2.45, 2.75) is 200 Å². The van der Waals surface area contributed by atoms with Crippen LogP contribution in [-0.2, 0) is 42.2 Å². The molecule has 0 aromatic heterocycles. The van der Waals surface area contributed by atoms with Crippen LogP contribution >= 0.6 is 7.82 Å². The lowest BCUT2D eigenvalue weighted by Crippen LogP contribution is -2.30. The van der Waals surface area contributed by atoms with Gasteiger partial charge in [-0.15, -0.1) is 0 Å². The Kier molecular flexibility index (Phi) is 54.2. The normalized spacial score (nSPS) is 14.6. The van der Waals surface area contributed by atoms with Crippen LogP contribution in [0.2, 0.25) is 0 Å². The van der Waals surface area contributed by atoms with Crippen molar-refractivity contribution in [3.63, 3.8) is 0 Å². The Morgan fingerprint density at radius 3 is 1.03 bits per heavy atom. The van der Waals surface area contributed by atoms with Crippen LogP contribution in [0.3, 0.4) is 0 Å². The summed E-state index contributed by atoms with van der Waals surface area (Å²) in [5, 5.41) is 9.82. The number of phosphoric ester groups is 1. The highest BCUT2D eigenvalue weighted by Crippen LogP contribution is 2.43. The lowest BCUT2D eigenvalue weighted by Gasteiger charge is -2.21. The van der Waals surface area contributed by atoms with Crippen LogP contribution < -0.4 is 0 Å². The van der Waals surface area contributed by atoms with Crippen LogP contribution in [0, 0.1) is 0 Å². The summed E-state index contributed by atoms with van der Waals surface area (Å²) >= 11 is 0. The van der Waals surface area contributed by atoms with E-state index in [1.807, 2.05) is 12.2 Å². The number of aliphatic hydroxyl groups excluding tert-OH is 1. The summed E-state index contributed by atoms with van der Waals surface area (Å²) in [6.45, 7) is 4.09. The summed E-state index contributed by atoms with van der Waals surface area (Å²) in [6.07, 6.45) is 77.7. The zero-order valence-corrected chi connectivity index (χ0v) is 48.9. The van der Waals surface area contributed by atoms with E-state index in [1.54, 1.807) is 6.08 Å². The number of carbonyl (C=O) groups excluding carboxylic acids is 3. The number of esters is 3. The highest BCUT2D eigenvalue weighted by molar-refractivity contribution is 7.47. The molecular weight excluding hydrogens is 1000 g/mol. The molecule has 2 N–H and O–H groups in total. The van der Waals surface area contributed by atoms with Crippen LogP contribution in [-0.4, -0.2) is 66.5 Å². The van der Waals surface area contributed by atoms with Gasteiger partial charge >= 0.3 is 25.7 Å². The van der Waals surface area contributed by atoms with E-state index < -0.39 is 64.4 Å². The predicted molar refractivity (Wildman–Crippen MR) is 325 cm³/mol. The van der Waals surface area contributed by atoms with E-state index in [0.717, 1.165) is 128 Å². The Hall–Kier alpha value is -5.16. The predicted octanol–water partition coefficient (Wildman–Crippen LogP) is 17.5. The average molecular weight is 1100 g/mol. The molecule has 3 atom stereocenters. The first kappa shape index (κ1) is 72.8. The second kappa shape index (κ2) is 58.0. The lowest BCUT2D eigenvalue weighted by molar-refractivity contribution is -0.161. The molecule has 0 radical (unpaired) electrons. The van der Waals surface area contributed by atoms with Crippen LogP contribution in [0.5, 0.6) is 0 Å². The molecule has 0 bridgehead atoms. The molecule has 0 aromatic carbocycles. The standard InChI is InChI=1S/C66H101O11P/c1-4-7-10-13-16-19-22-25-28-30-31-33-36-39-42-45-48-51-54-57-66(70)77-63(59-73-64(68)55-52-49-46-43-40-37-34-27-24-21-18-15-12-9-6-3)61-75-78(71,72)74-60-62(58-67)76-65(69)56-53-50-47-44-41-38-35-32-29-26-23-20-17-14-11-8-5-2/h7-12,16-21,25-29,31,33-35,38-40,42-43,49,52,62-63,67H,4-6,13-15,22-24,30,32,36-37,41,44-48,50-51,53-61H2,1-3H3,(H,71,72)/b10-7-,11-8-,12-9-,19-16-,20-17-,21-18-,28-25-,29-26-,33-31-,34-27-,38-35-,42-39-,43-40-,52-49-. The summed E-state index contributed by atoms with van der Waals surface area (Å²) < 4.78 is 39.4. The van der Waals surface area contributed by atoms with Crippen molar-refractivity contribution in [1.29, 1.82) is 0 Å². The Labute approximate surface area is 472 Å². The Morgan fingerprint density at radius 2 is 0.667 bits per heavy atom. The first-order valence-electron chi connectivity index (χ1n) is 29.0. The lowest BCUT2D eigenvalue weighted by atomic mass is 10.1. The van der Waals surface area contributed by atoms with E-state index in [9.17, 15) is 28.9 Å². The van der Waals surface area contributed by atoms with Gasteiger partial charge in [-0.1, -0.05) is 210 Å². The molecule has 3 unspecified atom stereocenters. The Balaban J connectivity index is 4.93. The monoisotopic (exact) mass is 1100 g/mol. The molecule has 0 aliphatic carbocycles. The number of phosphoric acid groups is 1. The summed E-state index contributed by atoms with van der Waals surface area (Å²) in [4.78, 5) is 48.5. The maximum atomic E-state index is 12.9. The van der Waals surface area contributed by atoms with E-state index in [1.165, 1.54) is 0 Å². The number of unbranched alkanes of at least 4 members (excludes halogenated alkanes) is 7. The van der Waals surface area contributed by atoms with Crippen molar-refractivity contribution in [3.05, 3.63) is 170 Å². The Morgan fingerprint density at radius 1 is 0.372 bits per heavy atom. The van der Waals surface area contributed by atoms with Gasteiger partial charge in [-0.2, -0.15) is 0 Å². The number of allylic oxidation sites excluding steroid dienone is 27. The smallest absolute Gasteiger partial charge is 0.461 e. The molecule has 436 valence electrons. The van der Waals surface area contributed by atoms with E-state index >= 15 is 0 Å². The molecule has 0 amide bonds. The quantitative estimate of drug-likeness (QED) is 0.0197. The molecule has 11 nitrogen and oxygen atoms in total. The van der Waals surface area contributed by atoms with E-state index in [2.05, 4.69) is 173 Å². The first-order chi connectivity index (χ1) is 38.2. The van der Waals surface area contributed by atoms with E-state index in [-0.39, 0.29) is 19.3 Å². The van der Waals surface area contributed by atoms with Gasteiger partial charge in [0.1, 0.15) is 12.7 Å². The first-order valence-corrected chi connectivity index (χ1v) is 30.5. The van der Waals surface area contributed by atoms with Gasteiger partial charge in [-0.25, -0.2) is 4.57 Å². The minimum absolute atomic E-state index is 0.0253. The van der Waals surface area contributed by atoms with Crippen LogP contribution in [0.1, 0.15) is 188 Å². The molecule has 0 aliphatic heterocycles. The fourth-order valence-electron chi connectivity index (χ4n) is 6.86. The van der Waals surface area contributed by atoms with E-state index in [0.29, 0.717) is 19.3 Å². The topological polar surface area (TPSA) is 155 Å². The SMILES string of the molecule is CC/C=C\C/C=C\C/C=C\C/C=C\C/C=C\CCCCCC(=O)OC(COC(=O)C/C=C\C/C=C\C/C=C\C/C=C\C/C=C\CC)COP(=O)(O)OCC(CO)OC(=O)CCCCCC/C=C\C/C=C\C/C=C\C/C=C\CC. The molecule has 12 heteroatoms. The maximum Gasteiger partial charge on any atom is 0.472 e. The Bertz CT molecular complexity index is 1960. The fraction of sp³-hybridized carbons (Fsp3) is 0.530. The molecular formula is C66H101O11P. The van der Waals surface area contributed by atoms with Gasteiger partial charge in [0.05, 0.1) is 26.2 Å². The summed E-state index contributed by atoms with van der Waals surface area (Å²) in [6, 6.07) is 0. The third kappa shape index (κ3) is 55.6. The highest BCUT2D eigenvalue weighted by Gasteiger charge is 2.28. The number of ether oxygens (including phenoxy) is 3. The summed E-state index contributed by atoms with van der Waals surface area (Å²) in [5.41, 5.74) is 0. The molecule has 0 saturated carbocycles. The fourth-order valence-corrected chi connectivity index (χ4v) is 7.64. The molecule has 78 heavy (non-hydrogen) atoms. The molecule has 0 heterocycles. The number of rotatable bonds is 51. The van der Waals surface area contributed by atoms with Crippen molar-refractivity contribution in [1.82, 2.24) is 0 Å². The van der Waals surface area contributed by atoms with Crippen LogP contribution in [0.15, 0.2) is 170 Å². The van der Waals surface area contributed by atoms with Crippen molar-refractivity contribution >= 4 is 25.7 Å². The molecule has 0 aliphatic rings. The van der Waals surface area contributed by atoms with Crippen molar-refractivity contribution in [2.75, 3.05) is 26.4 Å². The zero-order chi connectivity index (χ0) is 56.9. The molecule has 0 fully saturated rings. The highest BCUT2D eigenvalue weighted by atomic mass is 31.2. The third-order valence-electron chi connectivity index (χ3n) is 11.1. The van der Waals surface area contributed by atoms with Gasteiger partial charge < -0.3 is 24.2 Å². The van der Waals surface area contributed by atoms with Crippen LogP contribution in [0.25, 0.3) is 0 Å². The third-order valence-corrected chi connectivity index (χ3v) is 12.1. The maximum absolute atomic E-state index is 12.9.